The topological polar surface area (TPSA) is 50.7 Å². The van der Waals surface area contributed by atoms with Gasteiger partial charge in [0, 0.05) is 0 Å². The molecule has 0 rings (SSSR count). The zero-order valence-electron chi connectivity index (χ0n) is 10.1. The van der Waals surface area contributed by atoms with E-state index >= 15 is 0 Å². The van der Waals surface area contributed by atoms with E-state index in [2.05, 4.69) is 22.9 Å². The van der Waals surface area contributed by atoms with E-state index in [0.717, 1.165) is 5.41 Å². The second kappa shape index (κ2) is 6.58. The van der Waals surface area contributed by atoms with Crippen LogP contribution in [-0.2, 0) is 4.74 Å². The first-order valence-corrected chi connectivity index (χ1v) is 5.35. The molecule has 0 aliphatic rings. The van der Waals surface area contributed by atoms with Crippen LogP contribution in [0.4, 0.5) is 13.6 Å². The van der Waals surface area contributed by atoms with Gasteiger partial charge in [-0.2, -0.15) is 0 Å². The molecule has 0 aliphatic heterocycles. The van der Waals surface area contributed by atoms with Gasteiger partial charge in [0.1, 0.15) is 17.1 Å². The Hall–Kier alpha value is -1.11. The number of amides is 1. The smallest absolute Gasteiger partial charge is 0.413 e. The average Bonchev–Trinajstić information content (AvgIpc) is 2.09. The molecule has 0 aromatic carbocycles. The van der Waals surface area contributed by atoms with Crippen molar-refractivity contribution in [2.45, 2.75) is 39.7 Å². The van der Waals surface area contributed by atoms with Gasteiger partial charge in [-0.3, -0.25) is 5.32 Å². The summed E-state index contributed by atoms with van der Waals surface area (Å²) in [6, 6.07) is 0. The van der Waals surface area contributed by atoms with Gasteiger partial charge in [-0.1, -0.05) is 0 Å². The van der Waals surface area contributed by atoms with E-state index in [1.54, 1.807) is 20.8 Å². The number of carbonyl (C=O) groups excluding carboxylic acids is 1. The minimum atomic E-state index is -2.75. The van der Waals surface area contributed by atoms with Crippen molar-refractivity contribution < 1.29 is 18.3 Å². The molecule has 7 heteroatoms. The second-order valence-corrected chi connectivity index (χ2v) is 4.44. The molecular weight excluding hydrogens is 250 g/mol. The number of carbonyl (C=O) groups is 1. The van der Waals surface area contributed by atoms with Gasteiger partial charge in [0.05, 0.1) is 0 Å². The van der Waals surface area contributed by atoms with Crippen molar-refractivity contribution in [1.29, 1.82) is 0 Å². The number of nitrogens with zero attached hydrogens (tertiary/aromatic N) is 1. The number of allylic oxidation sites excluding steroid dienone is 1. The fourth-order valence-corrected chi connectivity index (χ4v) is 0.977. The number of alkyl halides is 2. The van der Waals surface area contributed by atoms with Gasteiger partial charge >= 0.3 is 6.09 Å². The van der Waals surface area contributed by atoms with E-state index in [-0.39, 0.29) is 5.84 Å². The molecule has 0 bridgehead atoms. The quantitative estimate of drug-likeness (QED) is 0.458. The Morgan fingerprint density at radius 1 is 1.47 bits per heavy atom. The molecule has 17 heavy (non-hydrogen) atoms. The lowest BCUT2D eigenvalue weighted by Crippen LogP contribution is -2.35. The molecule has 0 spiro atoms. The predicted octanol–water partition coefficient (Wildman–Crippen LogP) is 2.97. The summed E-state index contributed by atoms with van der Waals surface area (Å²) in [7, 11) is 0. The Morgan fingerprint density at radius 3 is 2.35 bits per heavy atom. The number of thiol groups is 1. The third-order valence-corrected chi connectivity index (χ3v) is 1.60. The zero-order valence-corrected chi connectivity index (χ0v) is 11.0. The van der Waals surface area contributed by atoms with Gasteiger partial charge in [-0.05, 0) is 33.1 Å². The van der Waals surface area contributed by atoms with Crippen molar-refractivity contribution in [2.75, 3.05) is 0 Å². The van der Waals surface area contributed by atoms with E-state index in [4.69, 9.17) is 4.74 Å². The Labute approximate surface area is 105 Å². The maximum atomic E-state index is 12.3. The number of amidine groups is 1. The molecule has 4 nitrogen and oxygen atoms in total. The minimum Gasteiger partial charge on any atom is -0.444 e. The normalized spacial score (nSPS) is 13.9. The molecule has 0 aromatic rings. The summed E-state index contributed by atoms with van der Waals surface area (Å²) in [5.74, 6) is 0.0138. The number of hydrogen-bond donors (Lipinski definition) is 2. The number of hydrogen-bond acceptors (Lipinski definition) is 4. The number of halogens is 2. The monoisotopic (exact) mass is 266 g/mol. The van der Waals surface area contributed by atoms with E-state index in [1.165, 1.54) is 6.92 Å². The van der Waals surface area contributed by atoms with Crippen molar-refractivity contribution >= 4 is 24.6 Å². The van der Waals surface area contributed by atoms with Crippen LogP contribution in [0.15, 0.2) is 16.1 Å². The van der Waals surface area contributed by atoms with E-state index in [1.807, 2.05) is 0 Å². The molecular formula is C10H16F2N2O2S. The summed E-state index contributed by atoms with van der Waals surface area (Å²) in [5, 5.41) is 3.12. The molecule has 0 aromatic heterocycles. The average molecular weight is 266 g/mol. The van der Waals surface area contributed by atoms with Gasteiger partial charge in [-0.25, -0.2) is 18.6 Å². The van der Waals surface area contributed by atoms with Gasteiger partial charge in [0.15, 0.2) is 0 Å². The second-order valence-electron chi connectivity index (χ2n) is 4.18. The van der Waals surface area contributed by atoms with Crippen LogP contribution in [0.1, 0.15) is 27.7 Å². The third kappa shape index (κ3) is 7.73. The summed E-state index contributed by atoms with van der Waals surface area (Å²) >= 11 is 3.60. The van der Waals surface area contributed by atoms with E-state index < -0.39 is 23.8 Å². The van der Waals surface area contributed by atoms with Crippen LogP contribution in [-0.4, -0.2) is 24.0 Å². The van der Waals surface area contributed by atoms with Crippen molar-refractivity contribution in [3.8, 4) is 0 Å². The first-order valence-electron chi connectivity index (χ1n) is 4.83. The highest BCUT2D eigenvalue weighted by Crippen LogP contribution is 2.11. The number of rotatable bonds is 2. The molecule has 1 amide bonds. The SMILES string of the molecule is CC(=N/C(=C\S)C(F)F)NC(=O)OC(C)(C)C. The molecule has 98 valence electrons. The van der Waals surface area contributed by atoms with Gasteiger partial charge < -0.3 is 4.74 Å². The molecule has 0 radical (unpaired) electrons. The van der Waals surface area contributed by atoms with Crippen LogP contribution in [0.25, 0.3) is 0 Å². The fraction of sp³-hybridized carbons (Fsp3) is 0.600. The summed E-state index contributed by atoms with van der Waals surface area (Å²) in [4.78, 5) is 14.8. The lowest BCUT2D eigenvalue weighted by molar-refractivity contribution is 0.0562. The predicted molar refractivity (Wildman–Crippen MR) is 65.6 cm³/mol. The summed E-state index contributed by atoms with van der Waals surface area (Å²) in [5.41, 5.74) is -1.18. The molecule has 0 atom stereocenters. The third-order valence-electron chi connectivity index (χ3n) is 1.33. The van der Waals surface area contributed by atoms with Crippen molar-refractivity contribution in [3.05, 3.63) is 11.1 Å². The maximum absolute atomic E-state index is 12.3. The van der Waals surface area contributed by atoms with Crippen LogP contribution in [0.5, 0.6) is 0 Å². The van der Waals surface area contributed by atoms with Crippen LogP contribution >= 0.6 is 12.6 Å². The number of ether oxygens (including phenoxy) is 1. The first-order chi connectivity index (χ1) is 7.65. The van der Waals surface area contributed by atoms with E-state index in [9.17, 15) is 13.6 Å². The molecule has 0 fully saturated rings. The summed E-state index contributed by atoms with van der Waals surface area (Å²) < 4.78 is 29.5. The van der Waals surface area contributed by atoms with Gasteiger partial charge in [-0.15, -0.1) is 12.6 Å². The fourth-order valence-electron chi connectivity index (χ4n) is 0.807. The van der Waals surface area contributed by atoms with Crippen molar-refractivity contribution in [3.63, 3.8) is 0 Å². The first kappa shape index (κ1) is 15.9. The molecule has 0 unspecified atom stereocenters. The largest absolute Gasteiger partial charge is 0.444 e. The lowest BCUT2D eigenvalue weighted by atomic mass is 10.2. The summed E-state index contributed by atoms with van der Waals surface area (Å²) in [6.45, 7) is 6.45. The maximum Gasteiger partial charge on any atom is 0.413 e. The highest BCUT2D eigenvalue weighted by atomic mass is 32.1. The number of aliphatic imine (C=N–C) groups is 1. The molecule has 0 aliphatic carbocycles. The van der Waals surface area contributed by atoms with Crippen LogP contribution in [0.2, 0.25) is 0 Å². The van der Waals surface area contributed by atoms with Crippen LogP contribution in [0, 0.1) is 0 Å². The van der Waals surface area contributed by atoms with Crippen molar-refractivity contribution in [1.82, 2.24) is 5.32 Å². The van der Waals surface area contributed by atoms with E-state index in [0.29, 0.717) is 0 Å². The molecule has 0 saturated carbocycles. The minimum absolute atomic E-state index is 0.0138. The number of alkyl carbamates (subject to hydrolysis) is 1. The Bertz CT molecular complexity index is 336. The van der Waals surface area contributed by atoms with Crippen molar-refractivity contribution in [2.24, 2.45) is 4.99 Å². The van der Waals surface area contributed by atoms with Crippen LogP contribution in [0.3, 0.4) is 0 Å². The van der Waals surface area contributed by atoms with Gasteiger partial charge in [0.2, 0.25) is 0 Å². The highest BCUT2D eigenvalue weighted by molar-refractivity contribution is 7.83. The molecule has 1 N–H and O–H groups in total. The standard InChI is InChI=1S/C10H16F2N2O2S/c1-6(13-7(5-17)8(11)12)14-9(15)16-10(2,3)4/h5,8,17H,1-4H3,(H,13,14,15)/b7-5-. The summed E-state index contributed by atoms with van der Waals surface area (Å²) in [6.07, 6.45) is -3.49. The molecule has 0 heterocycles. The van der Waals surface area contributed by atoms with Gasteiger partial charge in [0.25, 0.3) is 6.43 Å². The Kier molecular flexibility index (Phi) is 6.15. The highest BCUT2D eigenvalue weighted by Gasteiger charge is 2.17. The lowest BCUT2D eigenvalue weighted by Gasteiger charge is -2.19. The number of nitrogens with one attached hydrogen (secondary N) is 1. The Balaban J connectivity index is 4.49. The Morgan fingerprint density at radius 2 is 2.00 bits per heavy atom. The molecule has 0 saturated heterocycles. The zero-order chi connectivity index (χ0) is 13.6. The van der Waals surface area contributed by atoms with Crippen LogP contribution < -0.4 is 5.32 Å².